The average Bonchev–Trinajstić information content (AvgIpc) is 2.36. The SMILES string of the molecule is CC(C)=CCCC(C)CCC(=O)c1ccccc1. The maximum atomic E-state index is 11.9. The molecule has 0 fully saturated rings. The van der Waals surface area contributed by atoms with E-state index in [2.05, 4.69) is 26.8 Å². The zero-order chi connectivity index (χ0) is 13.4. The van der Waals surface area contributed by atoms with Crippen molar-refractivity contribution in [3.05, 3.63) is 47.5 Å². The van der Waals surface area contributed by atoms with E-state index in [9.17, 15) is 4.79 Å². The summed E-state index contributed by atoms with van der Waals surface area (Å²) in [5, 5.41) is 0. The van der Waals surface area contributed by atoms with Crippen LogP contribution in [0, 0.1) is 5.92 Å². The lowest BCUT2D eigenvalue weighted by molar-refractivity contribution is 0.0974. The number of carbonyl (C=O) groups excluding carboxylic acids is 1. The van der Waals surface area contributed by atoms with Crippen LogP contribution in [0.5, 0.6) is 0 Å². The zero-order valence-corrected chi connectivity index (χ0v) is 11.8. The van der Waals surface area contributed by atoms with Crippen LogP contribution >= 0.6 is 0 Å². The predicted octanol–water partition coefficient (Wildman–Crippen LogP) is 5.03. The third-order valence-electron chi connectivity index (χ3n) is 3.17. The summed E-state index contributed by atoms with van der Waals surface area (Å²) in [6.45, 7) is 6.49. The molecule has 1 nitrogen and oxygen atoms in total. The molecule has 1 atom stereocenters. The highest BCUT2D eigenvalue weighted by molar-refractivity contribution is 5.95. The molecule has 0 spiro atoms. The van der Waals surface area contributed by atoms with Crippen molar-refractivity contribution in [2.45, 2.75) is 46.5 Å². The average molecular weight is 244 g/mol. The van der Waals surface area contributed by atoms with Gasteiger partial charge >= 0.3 is 0 Å². The second-order valence-corrected chi connectivity index (χ2v) is 5.29. The first-order valence-corrected chi connectivity index (χ1v) is 6.81. The summed E-state index contributed by atoms with van der Waals surface area (Å²) in [7, 11) is 0. The van der Waals surface area contributed by atoms with Crippen LogP contribution in [0.25, 0.3) is 0 Å². The number of hydrogen-bond donors (Lipinski definition) is 0. The Labute approximate surface area is 111 Å². The van der Waals surface area contributed by atoms with Crippen LogP contribution in [0.2, 0.25) is 0 Å². The first-order valence-electron chi connectivity index (χ1n) is 6.81. The van der Waals surface area contributed by atoms with Crippen molar-refractivity contribution in [1.29, 1.82) is 0 Å². The Morgan fingerprint density at radius 3 is 2.44 bits per heavy atom. The highest BCUT2D eigenvalue weighted by atomic mass is 16.1. The summed E-state index contributed by atoms with van der Waals surface area (Å²) >= 11 is 0. The smallest absolute Gasteiger partial charge is 0.162 e. The van der Waals surface area contributed by atoms with Gasteiger partial charge in [0.05, 0.1) is 0 Å². The molecule has 0 saturated carbocycles. The summed E-state index contributed by atoms with van der Waals surface area (Å²) in [5.74, 6) is 0.887. The number of ketones is 1. The van der Waals surface area contributed by atoms with E-state index in [0.717, 1.165) is 18.4 Å². The molecule has 0 N–H and O–H groups in total. The van der Waals surface area contributed by atoms with Gasteiger partial charge in [-0.3, -0.25) is 4.79 Å². The van der Waals surface area contributed by atoms with Crippen LogP contribution in [-0.2, 0) is 0 Å². The molecule has 0 aliphatic carbocycles. The second kappa shape index (κ2) is 7.86. The molecular formula is C17H24O. The van der Waals surface area contributed by atoms with Crippen LogP contribution < -0.4 is 0 Å². The Hall–Kier alpha value is -1.37. The highest BCUT2D eigenvalue weighted by Crippen LogP contribution is 2.16. The predicted molar refractivity (Wildman–Crippen MR) is 77.8 cm³/mol. The summed E-state index contributed by atoms with van der Waals surface area (Å²) in [4.78, 5) is 11.9. The van der Waals surface area contributed by atoms with E-state index in [0.29, 0.717) is 12.3 Å². The van der Waals surface area contributed by atoms with Crippen LogP contribution in [-0.4, -0.2) is 5.78 Å². The third kappa shape index (κ3) is 5.81. The fraction of sp³-hybridized carbons (Fsp3) is 0.471. The molecule has 1 rings (SSSR count). The summed E-state index contributed by atoms with van der Waals surface area (Å²) in [5.41, 5.74) is 2.22. The molecule has 0 aromatic heterocycles. The fourth-order valence-electron chi connectivity index (χ4n) is 1.95. The molecule has 1 aromatic carbocycles. The molecule has 0 bridgehead atoms. The second-order valence-electron chi connectivity index (χ2n) is 5.29. The molecule has 0 amide bonds. The Morgan fingerprint density at radius 1 is 1.17 bits per heavy atom. The standard InChI is InChI=1S/C17H24O/c1-14(2)8-7-9-15(3)12-13-17(18)16-10-5-4-6-11-16/h4-6,8,10-11,15H,7,9,12-13H2,1-3H3. The molecule has 1 heteroatoms. The van der Waals surface area contributed by atoms with Crippen molar-refractivity contribution < 1.29 is 4.79 Å². The van der Waals surface area contributed by atoms with Gasteiger partial charge in [-0.1, -0.05) is 48.9 Å². The van der Waals surface area contributed by atoms with Gasteiger partial charge in [-0.2, -0.15) is 0 Å². The number of Topliss-reactive ketones (excluding diaryl/α,β-unsaturated/α-hetero) is 1. The number of carbonyl (C=O) groups is 1. The molecule has 0 aliphatic rings. The molecule has 1 aromatic rings. The number of benzene rings is 1. The van der Waals surface area contributed by atoms with E-state index in [1.807, 2.05) is 30.3 Å². The van der Waals surface area contributed by atoms with Gasteiger partial charge in [0.25, 0.3) is 0 Å². The number of allylic oxidation sites excluding steroid dienone is 2. The van der Waals surface area contributed by atoms with Gasteiger partial charge in [-0.25, -0.2) is 0 Å². The van der Waals surface area contributed by atoms with Crippen molar-refractivity contribution in [2.24, 2.45) is 5.92 Å². The minimum absolute atomic E-state index is 0.268. The Kier molecular flexibility index (Phi) is 6.42. The van der Waals surface area contributed by atoms with Crippen LogP contribution in [0.3, 0.4) is 0 Å². The lowest BCUT2D eigenvalue weighted by Gasteiger charge is -2.09. The van der Waals surface area contributed by atoms with Crippen molar-refractivity contribution >= 4 is 5.78 Å². The van der Waals surface area contributed by atoms with Gasteiger partial charge in [0, 0.05) is 12.0 Å². The summed E-state index contributed by atoms with van der Waals surface area (Å²) < 4.78 is 0. The topological polar surface area (TPSA) is 17.1 Å². The van der Waals surface area contributed by atoms with E-state index >= 15 is 0 Å². The van der Waals surface area contributed by atoms with E-state index in [1.54, 1.807) is 0 Å². The van der Waals surface area contributed by atoms with Crippen LogP contribution in [0.15, 0.2) is 42.0 Å². The summed E-state index contributed by atoms with van der Waals surface area (Å²) in [6.07, 6.45) is 6.23. The van der Waals surface area contributed by atoms with E-state index in [1.165, 1.54) is 12.0 Å². The minimum atomic E-state index is 0.268. The molecular weight excluding hydrogens is 220 g/mol. The maximum Gasteiger partial charge on any atom is 0.162 e. The molecule has 98 valence electrons. The third-order valence-corrected chi connectivity index (χ3v) is 3.17. The molecule has 0 radical (unpaired) electrons. The first kappa shape index (κ1) is 14.7. The van der Waals surface area contributed by atoms with Crippen molar-refractivity contribution in [3.63, 3.8) is 0 Å². The van der Waals surface area contributed by atoms with Crippen LogP contribution in [0.4, 0.5) is 0 Å². The molecule has 0 heterocycles. The fourth-order valence-corrected chi connectivity index (χ4v) is 1.95. The van der Waals surface area contributed by atoms with Gasteiger partial charge < -0.3 is 0 Å². The van der Waals surface area contributed by atoms with Gasteiger partial charge in [-0.15, -0.1) is 0 Å². The lowest BCUT2D eigenvalue weighted by Crippen LogP contribution is -2.02. The van der Waals surface area contributed by atoms with Gasteiger partial charge in [0.2, 0.25) is 0 Å². The van der Waals surface area contributed by atoms with E-state index in [-0.39, 0.29) is 5.78 Å². The van der Waals surface area contributed by atoms with Crippen molar-refractivity contribution in [2.75, 3.05) is 0 Å². The van der Waals surface area contributed by atoms with E-state index < -0.39 is 0 Å². The molecule has 18 heavy (non-hydrogen) atoms. The molecule has 0 saturated heterocycles. The summed E-state index contributed by atoms with van der Waals surface area (Å²) in [6, 6.07) is 9.59. The quantitative estimate of drug-likeness (QED) is 0.485. The normalized spacial score (nSPS) is 11.9. The van der Waals surface area contributed by atoms with Gasteiger partial charge in [0.15, 0.2) is 5.78 Å². The Morgan fingerprint density at radius 2 is 1.83 bits per heavy atom. The number of hydrogen-bond acceptors (Lipinski definition) is 1. The Balaban J connectivity index is 2.28. The first-order chi connectivity index (χ1) is 8.59. The number of rotatable bonds is 7. The van der Waals surface area contributed by atoms with Crippen LogP contribution in [0.1, 0.15) is 56.8 Å². The van der Waals surface area contributed by atoms with Crippen molar-refractivity contribution in [1.82, 2.24) is 0 Å². The molecule has 1 unspecified atom stereocenters. The highest BCUT2D eigenvalue weighted by Gasteiger charge is 2.08. The zero-order valence-electron chi connectivity index (χ0n) is 11.8. The maximum absolute atomic E-state index is 11.9. The van der Waals surface area contributed by atoms with Gasteiger partial charge in [0.1, 0.15) is 0 Å². The minimum Gasteiger partial charge on any atom is -0.294 e. The Bertz CT molecular complexity index is 385. The lowest BCUT2D eigenvalue weighted by atomic mass is 9.96. The van der Waals surface area contributed by atoms with Gasteiger partial charge in [-0.05, 0) is 39.0 Å². The van der Waals surface area contributed by atoms with Crippen molar-refractivity contribution in [3.8, 4) is 0 Å². The molecule has 0 aliphatic heterocycles. The van der Waals surface area contributed by atoms with E-state index in [4.69, 9.17) is 0 Å². The largest absolute Gasteiger partial charge is 0.294 e. The monoisotopic (exact) mass is 244 g/mol.